The first-order chi connectivity index (χ1) is 10.7. The van der Waals surface area contributed by atoms with Crippen molar-refractivity contribution < 1.29 is 9.53 Å². The Kier molecular flexibility index (Phi) is 7.94. The number of carbonyl (C=O) groups is 1. The number of hydrogen-bond acceptors (Lipinski definition) is 3. The summed E-state index contributed by atoms with van der Waals surface area (Å²) in [5.41, 5.74) is 2.96. The summed E-state index contributed by atoms with van der Waals surface area (Å²) in [7, 11) is 3.53. The van der Waals surface area contributed by atoms with Crippen LogP contribution in [0, 0.1) is 0 Å². The fourth-order valence-corrected chi connectivity index (χ4v) is 2.01. The van der Waals surface area contributed by atoms with Crippen molar-refractivity contribution in [3.05, 3.63) is 59.7 Å². The second kappa shape index (κ2) is 9.71. The molecule has 5 nitrogen and oxygen atoms in total. The minimum atomic E-state index is -0.225. The molecule has 0 atom stereocenters. The largest absolute Gasteiger partial charge is 0.497 e. The van der Waals surface area contributed by atoms with Crippen LogP contribution in [0.4, 0.5) is 10.5 Å². The highest BCUT2D eigenvalue weighted by molar-refractivity contribution is 5.89. The minimum absolute atomic E-state index is 0. The van der Waals surface area contributed by atoms with Gasteiger partial charge in [-0.2, -0.15) is 0 Å². The van der Waals surface area contributed by atoms with Crippen LogP contribution in [0.15, 0.2) is 48.5 Å². The first-order valence-electron chi connectivity index (χ1n) is 7.12. The van der Waals surface area contributed by atoms with E-state index in [0.717, 1.165) is 23.5 Å². The van der Waals surface area contributed by atoms with E-state index in [1.807, 2.05) is 55.6 Å². The average Bonchev–Trinajstić information content (AvgIpc) is 2.55. The Morgan fingerprint density at radius 2 is 1.52 bits per heavy atom. The number of carbonyl (C=O) groups excluding carboxylic acids is 1. The number of nitrogens with one attached hydrogen (secondary N) is 3. The Hall–Kier alpha value is -2.24. The van der Waals surface area contributed by atoms with Crippen LogP contribution in [0.3, 0.4) is 0 Å². The molecule has 2 aromatic carbocycles. The normalized spacial score (nSPS) is 9.65. The lowest BCUT2D eigenvalue weighted by Crippen LogP contribution is -2.28. The molecule has 2 amide bonds. The average molecular weight is 336 g/mol. The molecule has 0 aliphatic heterocycles. The second-order valence-corrected chi connectivity index (χ2v) is 4.88. The van der Waals surface area contributed by atoms with Gasteiger partial charge in [-0.25, -0.2) is 4.79 Å². The number of amides is 2. The summed E-state index contributed by atoms with van der Waals surface area (Å²) in [4.78, 5) is 11.9. The summed E-state index contributed by atoms with van der Waals surface area (Å²) in [6, 6.07) is 15.1. The van der Waals surface area contributed by atoms with Gasteiger partial charge in [-0.1, -0.05) is 24.3 Å². The highest BCUT2D eigenvalue weighted by Crippen LogP contribution is 2.11. The van der Waals surface area contributed by atoms with Crippen molar-refractivity contribution in [3.8, 4) is 5.75 Å². The third kappa shape index (κ3) is 6.18. The van der Waals surface area contributed by atoms with Crippen LogP contribution in [0.1, 0.15) is 11.1 Å². The molecule has 0 saturated heterocycles. The van der Waals surface area contributed by atoms with Gasteiger partial charge in [0.25, 0.3) is 0 Å². The molecule has 0 fully saturated rings. The van der Waals surface area contributed by atoms with Crippen LogP contribution in [-0.2, 0) is 13.1 Å². The lowest BCUT2D eigenvalue weighted by atomic mass is 10.2. The molecule has 2 rings (SSSR count). The minimum Gasteiger partial charge on any atom is -0.497 e. The molecule has 6 heteroatoms. The van der Waals surface area contributed by atoms with Crippen LogP contribution < -0.4 is 20.7 Å². The van der Waals surface area contributed by atoms with Gasteiger partial charge in [0.2, 0.25) is 0 Å². The second-order valence-electron chi connectivity index (χ2n) is 4.88. The summed E-state index contributed by atoms with van der Waals surface area (Å²) < 4.78 is 5.10. The highest BCUT2D eigenvalue weighted by atomic mass is 35.5. The summed E-state index contributed by atoms with van der Waals surface area (Å²) in [6.07, 6.45) is 0. The maximum atomic E-state index is 11.9. The third-order valence-electron chi connectivity index (χ3n) is 3.20. The SMILES string of the molecule is CNCc1ccc(NC(=O)NCc2ccc(OC)cc2)cc1.Cl. The fraction of sp³-hybridized carbons (Fsp3) is 0.235. The van der Waals surface area contributed by atoms with Crippen molar-refractivity contribution in [2.75, 3.05) is 19.5 Å². The van der Waals surface area contributed by atoms with Gasteiger partial charge < -0.3 is 20.7 Å². The molecule has 0 spiro atoms. The predicted molar refractivity (Wildman–Crippen MR) is 95.3 cm³/mol. The van der Waals surface area contributed by atoms with Gasteiger partial charge in [0.05, 0.1) is 7.11 Å². The lowest BCUT2D eigenvalue weighted by Gasteiger charge is -2.09. The number of ether oxygens (including phenoxy) is 1. The lowest BCUT2D eigenvalue weighted by molar-refractivity contribution is 0.251. The van der Waals surface area contributed by atoms with Crippen molar-refractivity contribution >= 4 is 24.1 Å². The smallest absolute Gasteiger partial charge is 0.319 e. The number of hydrogen-bond donors (Lipinski definition) is 3. The van der Waals surface area contributed by atoms with E-state index in [2.05, 4.69) is 16.0 Å². The first kappa shape index (κ1) is 18.8. The number of halogens is 1. The molecule has 0 aliphatic carbocycles. The molecule has 0 radical (unpaired) electrons. The monoisotopic (exact) mass is 335 g/mol. The maximum absolute atomic E-state index is 11.9. The molecule has 0 bridgehead atoms. The van der Waals surface area contributed by atoms with Crippen molar-refractivity contribution in [2.24, 2.45) is 0 Å². The Balaban J connectivity index is 0.00000264. The molecular formula is C17H22ClN3O2. The van der Waals surface area contributed by atoms with Gasteiger partial charge in [0.1, 0.15) is 5.75 Å². The molecule has 0 unspecified atom stereocenters. The Labute approximate surface area is 142 Å². The molecular weight excluding hydrogens is 314 g/mol. The highest BCUT2D eigenvalue weighted by Gasteiger charge is 2.02. The van der Waals surface area contributed by atoms with Gasteiger partial charge in [0, 0.05) is 18.8 Å². The maximum Gasteiger partial charge on any atom is 0.319 e. The number of benzene rings is 2. The van der Waals surface area contributed by atoms with E-state index in [-0.39, 0.29) is 18.4 Å². The zero-order chi connectivity index (χ0) is 15.8. The summed E-state index contributed by atoms with van der Waals surface area (Å²) in [5.74, 6) is 0.801. The third-order valence-corrected chi connectivity index (χ3v) is 3.20. The van der Waals surface area contributed by atoms with Crippen molar-refractivity contribution in [2.45, 2.75) is 13.1 Å². The molecule has 2 aromatic rings. The van der Waals surface area contributed by atoms with E-state index >= 15 is 0 Å². The summed E-state index contributed by atoms with van der Waals surface area (Å²) >= 11 is 0. The van der Waals surface area contributed by atoms with E-state index < -0.39 is 0 Å². The molecule has 23 heavy (non-hydrogen) atoms. The fourth-order valence-electron chi connectivity index (χ4n) is 2.01. The number of rotatable bonds is 6. The molecule has 124 valence electrons. The molecule has 3 N–H and O–H groups in total. The Morgan fingerprint density at radius 3 is 2.09 bits per heavy atom. The zero-order valence-corrected chi connectivity index (χ0v) is 14.1. The Morgan fingerprint density at radius 1 is 0.957 bits per heavy atom. The molecule has 0 heterocycles. The van der Waals surface area contributed by atoms with Gasteiger partial charge in [-0.05, 0) is 42.4 Å². The molecule has 0 aliphatic rings. The predicted octanol–water partition coefficient (Wildman–Crippen LogP) is 3.16. The van der Waals surface area contributed by atoms with Gasteiger partial charge in [-0.3, -0.25) is 0 Å². The number of urea groups is 1. The van der Waals surface area contributed by atoms with Crippen molar-refractivity contribution in [1.29, 1.82) is 0 Å². The number of anilines is 1. The van der Waals surface area contributed by atoms with E-state index in [4.69, 9.17) is 4.74 Å². The summed E-state index contributed by atoms with van der Waals surface area (Å²) in [6.45, 7) is 1.28. The quantitative estimate of drug-likeness (QED) is 0.760. The van der Waals surface area contributed by atoms with E-state index in [1.54, 1.807) is 7.11 Å². The number of methoxy groups -OCH3 is 1. The van der Waals surface area contributed by atoms with E-state index in [9.17, 15) is 4.79 Å². The van der Waals surface area contributed by atoms with E-state index in [0.29, 0.717) is 6.54 Å². The van der Waals surface area contributed by atoms with E-state index in [1.165, 1.54) is 5.56 Å². The first-order valence-corrected chi connectivity index (χ1v) is 7.12. The standard InChI is InChI=1S/C17H21N3O2.ClH/c1-18-11-13-3-7-15(8-4-13)20-17(21)19-12-14-5-9-16(22-2)10-6-14;/h3-10,18H,11-12H2,1-2H3,(H2,19,20,21);1H. The van der Waals surface area contributed by atoms with Crippen molar-refractivity contribution in [1.82, 2.24) is 10.6 Å². The van der Waals surface area contributed by atoms with Gasteiger partial charge in [0.15, 0.2) is 0 Å². The van der Waals surface area contributed by atoms with Gasteiger partial charge >= 0.3 is 6.03 Å². The van der Waals surface area contributed by atoms with Crippen molar-refractivity contribution in [3.63, 3.8) is 0 Å². The van der Waals surface area contributed by atoms with Crippen LogP contribution >= 0.6 is 12.4 Å². The summed E-state index contributed by atoms with van der Waals surface area (Å²) in [5, 5.41) is 8.71. The van der Waals surface area contributed by atoms with Crippen LogP contribution in [-0.4, -0.2) is 20.2 Å². The Bertz CT molecular complexity index is 600. The topological polar surface area (TPSA) is 62.4 Å². The zero-order valence-electron chi connectivity index (χ0n) is 13.3. The van der Waals surface area contributed by atoms with Crippen LogP contribution in [0.2, 0.25) is 0 Å². The van der Waals surface area contributed by atoms with Gasteiger partial charge in [-0.15, -0.1) is 12.4 Å². The molecule has 0 saturated carbocycles. The van der Waals surface area contributed by atoms with Crippen LogP contribution in [0.25, 0.3) is 0 Å². The van der Waals surface area contributed by atoms with Crippen LogP contribution in [0.5, 0.6) is 5.75 Å². The molecule has 0 aromatic heterocycles.